The second-order valence-electron chi connectivity index (χ2n) is 5.62. The number of nitrogens with two attached hydrogens (primary N) is 1. The fourth-order valence-electron chi connectivity index (χ4n) is 2.45. The van der Waals surface area contributed by atoms with Crippen LogP contribution in [0.4, 0.5) is 0 Å². The summed E-state index contributed by atoms with van der Waals surface area (Å²) in [7, 11) is 0. The Labute approximate surface area is 103 Å². The van der Waals surface area contributed by atoms with E-state index in [1.807, 2.05) is 16.9 Å². The fourth-order valence-corrected chi connectivity index (χ4v) is 2.45. The van der Waals surface area contributed by atoms with Gasteiger partial charge in [-0.05, 0) is 45.6 Å². The molecule has 1 aromatic heterocycles. The van der Waals surface area contributed by atoms with Gasteiger partial charge in [0, 0.05) is 24.7 Å². The van der Waals surface area contributed by atoms with Gasteiger partial charge in [0.2, 0.25) is 0 Å². The van der Waals surface area contributed by atoms with Gasteiger partial charge >= 0.3 is 0 Å². The Hall–Kier alpha value is -0.870. The minimum Gasteiger partial charge on any atom is -0.389 e. The van der Waals surface area contributed by atoms with Crippen molar-refractivity contribution in [3.05, 3.63) is 18.0 Å². The molecule has 1 heterocycles. The third-order valence-corrected chi connectivity index (χ3v) is 3.66. The van der Waals surface area contributed by atoms with Crippen LogP contribution in [0.5, 0.6) is 0 Å². The van der Waals surface area contributed by atoms with Crippen LogP contribution in [-0.2, 0) is 6.42 Å². The minimum absolute atomic E-state index is 0.267. The molecule has 0 amide bonds. The summed E-state index contributed by atoms with van der Waals surface area (Å²) in [5.74, 6) is 0. The molecule has 2 rings (SSSR count). The van der Waals surface area contributed by atoms with Crippen LogP contribution in [0.25, 0.3) is 0 Å². The van der Waals surface area contributed by atoms with E-state index in [1.54, 1.807) is 0 Å². The average Bonchev–Trinajstić information content (AvgIpc) is 2.71. The fraction of sp³-hybridized carbons (Fsp3) is 0.769. The summed E-state index contributed by atoms with van der Waals surface area (Å²) in [6.45, 7) is 4.20. The van der Waals surface area contributed by atoms with Gasteiger partial charge < -0.3 is 10.8 Å². The first kappa shape index (κ1) is 12.6. The molecule has 0 atom stereocenters. The van der Waals surface area contributed by atoms with Crippen molar-refractivity contribution in [3.8, 4) is 0 Å². The Morgan fingerprint density at radius 1 is 1.53 bits per heavy atom. The van der Waals surface area contributed by atoms with Crippen molar-refractivity contribution in [1.82, 2.24) is 9.78 Å². The van der Waals surface area contributed by atoms with Crippen molar-refractivity contribution in [2.45, 2.75) is 63.6 Å². The molecule has 0 aliphatic heterocycles. The highest BCUT2D eigenvalue weighted by Crippen LogP contribution is 2.30. The van der Waals surface area contributed by atoms with E-state index in [0.717, 1.165) is 31.4 Å². The number of hydrogen-bond acceptors (Lipinski definition) is 3. The molecule has 1 saturated carbocycles. The zero-order chi connectivity index (χ0) is 12.5. The quantitative estimate of drug-likeness (QED) is 0.840. The molecule has 4 nitrogen and oxygen atoms in total. The monoisotopic (exact) mass is 237 g/mol. The number of aromatic nitrogens is 2. The third-order valence-electron chi connectivity index (χ3n) is 3.66. The molecule has 17 heavy (non-hydrogen) atoms. The van der Waals surface area contributed by atoms with Crippen LogP contribution in [0.1, 0.15) is 51.3 Å². The highest BCUT2D eigenvalue weighted by atomic mass is 16.3. The summed E-state index contributed by atoms with van der Waals surface area (Å²) in [6.07, 6.45) is 6.06. The predicted octanol–water partition coefficient (Wildman–Crippen LogP) is 1.64. The number of nitrogens with zero attached hydrogens (tertiary/aromatic N) is 2. The maximum Gasteiger partial charge on any atom is 0.0704 e. The van der Waals surface area contributed by atoms with Crippen molar-refractivity contribution in [3.63, 3.8) is 0 Å². The molecule has 0 radical (unpaired) electrons. The van der Waals surface area contributed by atoms with Crippen molar-refractivity contribution in [2.24, 2.45) is 5.73 Å². The second-order valence-corrected chi connectivity index (χ2v) is 5.62. The molecule has 4 heteroatoms. The van der Waals surface area contributed by atoms with Crippen molar-refractivity contribution < 1.29 is 5.11 Å². The first-order chi connectivity index (χ1) is 7.98. The van der Waals surface area contributed by atoms with E-state index >= 15 is 0 Å². The molecule has 3 N–H and O–H groups in total. The lowest BCUT2D eigenvalue weighted by Gasteiger charge is -2.34. The maximum atomic E-state index is 10.5. The molecule has 0 unspecified atom stereocenters. The lowest BCUT2D eigenvalue weighted by Crippen LogP contribution is -2.40. The number of hydrogen-bond donors (Lipinski definition) is 2. The molecule has 1 fully saturated rings. The summed E-state index contributed by atoms with van der Waals surface area (Å²) >= 11 is 0. The van der Waals surface area contributed by atoms with Crippen LogP contribution in [0.2, 0.25) is 0 Å². The van der Waals surface area contributed by atoms with Crippen LogP contribution < -0.4 is 5.73 Å². The van der Waals surface area contributed by atoms with Crippen molar-refractivity contribution in [2.75, 3.05) is 0 Å². The van der Waals surface area contributed by atoms with Crippen LogP contribution in [0.3, 0.4) is 0 Å². The first-order valence-corrected chi connectivity index (χ1v) is 6.50. The van der Waals surface area contributed by atoms with Gasteiger partial charge in [0.25, 0.3) is 0 Å². The largest absolute Gasteiger partial charge is 0.389 e. The SMILES string of the molecule is CC(C)n1ccc(CC2(O)CCC(N)CC2)n1. The molecule has 0 bridgehead atoms. The molecular formula is C13H23N3O. The molecule has 1 aliphatic carbocycles. The molecule has 0 saturated heterocycles. The Balaban J connectivity index is 1.99. The smallest absolute Gasteiger partial charge is 0.0704 e. The van der Waals surface area contributed by atoms with Crippen LogP contribution >= 0.6 is 0 Å². The molecule has 0 aromatic carbocycles. The Morgan fingerprint density at radius 2 is 2.18 bits per heavy atom. The minimum atomic E-state index is -0.591. The van der Waals surface area contributed by atoms with Gasteiger partial charge in [-0.15, -0.1) is 0 Å². The van der Waals surface area contributed by atoms with Gasteiger partial charge in [-0.25, -0.2) is 0 Å². The predicted molar refractivity (Wildman–Crippen MR) is 67.7 cm³/mol. The first-order valence-electron chi connectivity index (χ1n) is 6.50. The van der Waals surface area contributed by atoms with Crippen molar-refractivity contribution >= 4 is 0 Å². The lowest BCUT2D eigenvalue weighted by molar-refractivity contribution is -0.000723. The van der Waals surface area contributed by atoms with Crippen LogP contribution in [-0.4, -0.2) is 26.5 Å². The van der Waals surface area contributed by atoms with E-state index in [4.69, 9.17) is 5.73 Å². The highest BCUT2D eigenvalue weighted by Gasteiger charge is 2.32. The summed E-state index contributed by atoms with van der Waals surface area (Å²) in [5, 5.41) is 15.0. The maximum absolute atomic E-state index is 10.5. The Bertz CT molecular complexity index is 364. The lowest BCUT2D eigenvalue weighted by atomic mass is 9.80. The highest BCUT2D eigenvalue weighted by molar-refractivity contribution is 5.05. The van der Waals surface area contributed by atoms with Gasteiger partial charge in [0.15, 0.2) is 0 Å². The molecule has 0 spiro atoms. The van der Waals surface area contributed by atoms with Gasteiger partial charge in [0.1, 0.15) is 0 Å². The molecule has 1 aliphatic rings. The van der Waals surface area contributed by atoms with E-state index in [9.17, 15) is 5.11 Å². The van der Waals surface area contributed by atoms with E-state index in [2.05, 4.69) is 18.9 Å². The zero-order valence-corrected chi connectivity index (χ0v) is 10.8. The summed E-state index contributed by atoms with van der Waals surface area (Å²) in [5.41, 5.74) is 6.25. The van der Waals surface area contributed by atoms with Gasteiger partial charge in [0.05, 0.1) is 11.3 Å². The summed E-state index contributed by atoms with van der Waals surface area (Å²) in [4.78, 5) is 0. The Kier molecular flexibility index (Phi) is 3.54. The van der Waals surface area contributed by atoms with E-state index in [-0.39, 0.29) is 6.04 Å². The standard InChI is InChI=1S/C13H23N3O/c1-10(2)16-8-5-12(15-16)9-13(17)6-3-11(14)4-7-13/h5,8,10-11,17H,3-4,6-7,9,14H2,1-2H3. The topological polar surface area (TPSA) is 64.1 Å². The summed E-state index contributed by atoms with van der Waals surface area (Å²) < 4.78 is 1.94. The van der Waals surface area contributed by atoms with Gasteiger partial charge in [-0.1, -0.05) is 0 Å². The van der Waals surface area contributed by atoms with Gasteiger partial charge in [-0.2, -0.15) is 5.10 Å². The third kappa shape index (κ3) is 3.07. The van der Waals surface area contributed by atoms with E-state index < -0.39 is 5.60 Å². The molecular weight excluding hydrogens is 214 g/mol. The summed E-state index contributed by atoms with van der Waals surface area (Å²) in [6, 6.07) is 2.65. The second kappa shape index (κ2) is 4.78. The van der Waals surface area contributed by atoms with E-state index in [0.29, 0.717) is 12.5 Å². The van der Waals surface area contributed by atoms with Crippen LogP contribution in [0, 0.1) is 0 Å². The average molecular weight is 237 g/mol. The van der Waals surface area contributed by atoms with E-state index in [1.165, 1.54) is 0 Å². The normalized spacial score (nSPS) is 29.8. The zero-order valence-electron chi connectivity index (χ0n) is 10.8. The van der Waals surface area contributed by atoms with Crippen molar-refractivity contribution in [1.29, 1.82) is 0 Å². The molecule has 96 valence electrons. The number of rotatable bonds is 3. The molecule has 1 aromatic rings. The van der Waals surface area contributed by atoms with Gasteiger partial charge in [-0.3, -0.25) is 4.68 Å². The Morgan fingerprint density at radius 3 is 2.71 bits per heavy atom. The van der Waals surface area contributed by atoms with Crippen LogP contribution in [0.15, 0.2) is 12.3 Å². The number of aliphatic hydroxyl groups is 1.